The molecule has 0 radical (unpaired) electrons. The van der Waals surface area contributed by atoms with Crippen molar-refractivity contribution in [3.05, 3.63) is 12.2 Å². The average Bonchev–Trinajstić information content (AvgIpc) is 3.39. The summed E-state index contributed by atoms with van der Waals surface area (Å²) in [5, 5.41) is 24.7. The number of hydrogen-bond acceptors (Lipinski definition) is 7. The minimum Gasteiger partial charge on any atom is -0.756 e. The van der Waals surface area contributed by atoms with Gasteiger partial charge < -0.3 is 34.0 Å². The summed E-state index contributed by atoms with van der Waals surface area (Å²) in [5.74, 6) is -0.281. The Morgan fingerprint density at radius 3 is 1.05 bits per heavy atom. The molecule has 9 nitrogen and oxygen atoms in total. The summed E-state index contributed by atoms with van der Waals surface area (Å²) < 4.78 is 23.3. The molecule has 0 saturated heterocycles. The maximum Gasteiger partial charge on any atom is 0.268 e. The third-order valence-electron chi connectivity index (χ3n) is 16.1. The number of nitrogens with one attached hydrogen (secondary N) is 1. The van der Waals surface area contributed by atoms with Crippen LogP contribution in [0.3, 0.4) is 0 Å². The van der Waals surface area contributed by atoms with Gasteiger partial charge in [-0.05, 0) is 38.5 Å². The molecule has 0 spiro atoms. The van der Waals surface area contributed by atoms with E-state index in [0.29, 0.717) is 23.9 Å². The van der Waals surface area contributed by atoms with Crippen molar-refractivity contribution >= 4 is 13.7 Å². The second kappa shape index (κ2) is 58.4. The van der Waals surface area contributed by atoms with Crippen LogP contribution >= 0.6 is 7.82 Å². The summed E-state index contributed by atoms with van der Waals surface area (Å²) in [5.41, 5.74) is 0. The molecule has 4 unspecified atom stereocenters. The summed E-state index contributed by atoms with van der Waals surface area (Å²) in [6.07, 6.45) is 70.7. The monoisotopic (exact) mass is 1110 g/mol. The largest absolute Gasteiger partial charge is 0.756 e. The predicted molar refractivity (Wildman–Crippen MR) is 332 cm³/mol. The number of phosphoric acid groups is 1. The van der Waals surface area contributed by atoms with E-state index in [9.17, 15) is 24.5 Å². The fraction of sp³-hybridized carbons (Fsp3) is 0.955. The second-order valence-corrected chi connectivity index (χ2v) is 26.4. The number of amides is 1. The number of carbonyl (C=O) groups excluding carboxylic acids is 1. The quantitative estimate of drug-likeness (QED) is 0.0239. The number of phosphoric ester groups is 1. The van der Waals surface area contributed by atoms with E-state index in [1.54, 1.807) is 0 Å². The molecule has 0 aromatic rings. The van der Waals surface area contributed by atoms with E-state index in [2.05, 4.69) is 31.3 Å². The number of quaternary nitrogens is 1. The van der Waals surface area contributed by atoms with Crippen LogP contribution in [0.5, 0.6) is 0 Å². The van der Waals surface area contributed by atoms with Gasteiger partial charge in [-0.2, -0.15) is 0 Å². The number of carbonyl (C=O) groups is 1. The molecule has 0 aromatic heterocycles. The van der Waals surface area contributed by atoms with E-state index in [4.69, 9.17) is 9.05 Å². The molecule has 0 aliphatic carbocycles. The highest BCUT2D eigenvalue weighted by molar-refractivity contribution is 7.45. The van der Waals surface area contributed by atoms with Gasteiger partial charge in [-0.15, -0.1) is 0 Å². The lowest BCUT2D eigenvalue weighted by atomic mass is 10.0. The molecule has 3 N–H and O–H groups in total. The molecule has 0 fully saturated rings. The van der Waals surface area contributed by atoms with Crippen molar-refractivity contribution in [3.8, 4) is 0 Å². The standard InChI is InChI=1S/C67H135N2O7P/c1-6-8-10-12-14-16-18-20-21-22-23-24-25-26-27-28-29-30-31-32-33-34-35-36-37-38-39-40-41-42-43-44-45-46-47-48-50-52-54-56-58-60-66(71)68-64(63-76-77(73,74)75-62-61-69(3,4)5)67(72)65(70)59-57-55-53-51-49-19-17-15-13-11-9-7-2/h51,53,64-65,67,70,72H,6-50,52,54-63H2,1-5H3,(H-,68,71,73,74)/b53-51+. The summed E-state index contributed by atoms with van der Waals surface area (Å²) in [6.45, 7) is 4.46. The molecule has 10 heteroatoms. The number of aliphatic hydroxyl groups excluding tert-OH is 2. The van der Waals surface area contributed by atoms with E-state index in [0.717, 1.165) is 32.1 Å². The third-order valence-corrected chi connectivity index (χ3v) is 17.1. The molecular weight excluding hydrogens is 976 g/mol. The van der Waals surface area contributed by atoms with Crippen LogP contribution in [-0.2, 0) is 18.4 Å². The molecule has 0 rings (SSSR count). The van der Waals surface area contributed by atoms with E-state index < -0.39 is 32.7 Å². The van der Waals surface area contributed by atoms with Gasteiger partial charge in [-0.25, -0.2) is 0 Å². The van der Waals surface area contributed by atoms with Gasteiger partial charge in [0.25, 0.3) is 7.82 Å². The Morgan fingerprint density at radius 2 is 0.740 bits per heavy atom. The van der Waals surface area contributed by atoms with Crippen LogP contribution in [0.2, 0.25) is 0 Å². The first kappa shape index (κ1) is 76.2. The molecule has 1 amide bonds. The molecule has 460 valence electrons. The van der Waals surface area contributed by atoms with Crippen LogP contribution in [0, 0.1) is 0 Å². The second-order valence-electron chi connectivity index (χ2n) is 25.0. The zero-order valence-corrected chi connectivity index (χ0v) is 53.2. The van der Waals surface area contributed by atoms with Crippen molar-refractivity contribution in [2.45, 2.75) is 372 Å². The van der Waals surface area contributed by atoms with Crippen LogP contribution in [0.4, 0.5) is 0 Å². The highest BCUT2D eigenvalue weighted by Gasteiger charge is 2.29. The van der Waals surface area contributed by atoms with Crippen LogP contribution < -0.4 is 10.2 Å². The molecular formula is C67H135N2O7P. The molecule has 0 heterocycles. The van der Waals surface area contributed by atoms with Gasteiger partial charge in [0, 0.05) is 6.42 Å². The number of allylic oxidation sites excluding steroid dienone is 2. The molecule has 0 aliphatic heterocycles. The number of hydrogen-bond donors (Lipinski definition) is 3. The Morgan fingerprint density at radius 1 is 0.455 bits per heavy atom. The predicted octanol–water partition coefficient (Wildman–Crippen LogP) is 19.7. The Hall–Kier alpha value is -0.800. The van der Waals surface area contributed by atoms with Gasteiger partial charge in [0.05, 0.1) is 39.9 Å². The first-order chi connectivity index (χ1) is 37.4. The molecule has 0 bridgehead atoms. The van der Waals surface area contributed by atoms with E-state index in [1.165, 1.54) is 289 Å². The van der Waals surface area contributed by atoms with Crippen molar-refractivity contribution in [2.24, 2.45) is 0 Å². The van der Waals surface area contributed by atoms with Crippen LogP contribution in [0.1, 0.15) is 354 Å². The molecule has 77 heavy (non-hydrogen) atoms. The normalized spacial score (nSPS) is 14.1. The topological polar surface area (TPSA) is 128 Å². The molecule has 0 aliphatic rings. The lowest BCUT2D eigenvalue weighted by molar-refractivity contribution is -0.870. The van der Waals surface area contributed by atoms with Gasteiger partial charge in [0.1, 0.15) is 19.3 Å². The minimum atomic E-state index is -4.68. The maximum atomic E-state index is 13.0. The van der Waals surface area contributed by atoms with Gasteiger partial charge in [0.15, 0.2) is 0 Å². The Bertz CT molecular complexity index is 1280. The van der Waals surface area contributed by atoms with Gasteiger partial charge >= 0.3 is 0 Å². The van der Waals surface area contributed by atoms with Gasteiger partial charge in [-0.1, -0.05) is 321 Å². The summed E-state index contributed by atoms with van der Waals surface area (Å²) >= 11 is 0. The highest BCUT2D eigenvalue weighted by Crippen LogP contribution is 2.38. The van der Waals surface area contributed by atoms with Crippen molar-refractivity contribution in [1.82, 2.24) is 5.32 Å². The Kier molecular flexibility index (Phi) is 57.8. The fourth-order valence-electron chi connectivity index (χ4n) is 10.7. The number of rotatable bonds is 64. The van der Waals surface area contributed by atoms with E-state index >= 15 is 0 Å². The van der Waals surface area contributed by atoms with Crippen LogP contribution in [-0.4, -0.2) is 79.8 Å². The van der Waals surface area contributed by atoms with Gasteiger partial charge in [0.2, 0.25) is 5.91 Å². The van der Waals surface area contributed by atoms with Crippen molar-refractivity contribution in [1.29, 1.82) is 0 Å². The highest BCUT2D eigenvalue weighted by atomic mass is 31.2. The smallest absolute Gasteiger partial charge is 0.268 e. The Balaban J connectivity index is 3.84. The lowest BCUT2D eigenvalue weighted by Crippen LogP contribution is -2.51. The number of unbranched alkanes of at least 4 members (excludes halogenated alkanes) is 48. The lowest BCUT2D eigenvalue weighted by Gasteiger charge is -2.31. The minimum absolute atomic E-state index is 0.0429. The van der Waals surface area contributed by atoms with Crippen molar-refractivity contribution < 1.29 is 38.0 Å². The third kappa shape index (κ3) is 59.6. The summed E-state index contributed by atoms with van der Waals surface area (Å²) in [7, 11) is 1.12. The molecule has 0 saturated carbocycles. The fourth-order valence-corrected chi connectivity index (χ4v) is 11.5. The Labute approximate surface area is 480 Å². The molecule has 0 aromatic carbocycles. The summed E-state index contributed by atoms with van der Waals surface area (Å²) in [4.78, 5) is 25.6. The van der Waals surface area contributed by atoms with Crippen LogP contribution in [0.25, 0.3) is 0 Å². The van der Waals surface area contributed by atoms with Gasteiger partial charge in [-0.3, -0.25) is 9.36 Å². The zero-order valence-electron chi connectivity index (χ0n) is 52.3. The van der Waals surface area contributed by atoms with Crippen molar-refractivity contribution in [2.75, 3.05) is 40.9 Å². The number of aliphatic hydroxyl groups is 2. The first-order valence-corrected chi connectivity index (χ1v) is 35.6. The number of nitrogens with zero attached hydrogens (tertiary/aromatic N) is 1. The zero-order chi connectivity index (χ0) is 56.4. The first-order valence-electron chi connectivity index (χ1n) is 34.1. The number of likely N-dealkylation sites (N-methyl/N-ethyl adjacent to an activating group) is 1. The SMILES string of the molecule is CCCCCCCCC/C=C/CCCC(O)C(O)C(COP(=O)([O-])OCC[N+](C)(C)C)NC(=O)CCCCCCCCCCCCCCCCCCCCCCCCCCCCCCCCCCCCCCCCCCC. The van der Waals surface area contributed by atoms with Crippen molar-refractivity contribution in [3.63, 3.8) is 0 Å². The average molecular weight is 1110 g/mol. The van der Waals surface area contributed by atoms with E-state index in [1.807, 2.05) is 21.1 Å². The van der Waals surface area contributed by atoms with Crippen LogP contribution in [0.15, 0.2) is 12.2 Å². The molecule has 4 atom stereocenters. The van der Waals surface area contributed by atoms with E-state index in [-0.39, 0.29) is 18.9 Å². The summed E-state index contributed by atoms with van der Waals surface area (Å²) in [6, 6.07) is -1.09. The maximum absolute atomic E-state index is 13.0.